The van der Waals surface area contributed by atoms with Crippen molar-refractivity contribution < 1.29 is 9.53 Å². The summed E-state index contributed by atoms with van der Waals surface area (Å²) < 4.78 is 6.14. The molecule has 1 aromatic carbocycles. The SMILES string of the molecule is CC1(C)C(=O)c2c(ccc(O[C@H]3CC[C@H](N)CC3)c2N)-c2ncnc(N)c21. The van der Waals surface area contributed by atoms with Crippen LogP contribution in [0.3, 0.4) is 0 Å². The van der Waals surface area contributed by atoms with Crippen molar-refractivity contribution in [2.45, 2.75) is 57.1 Å². The molecule has 6 N–H and O–H groups in total. The highest BCUT2D eigenvalue weighted by atomic mass is 16.5. The molecule has 0 amide bonds. The Labute approximate surface area is 158 Å². The van der Waals surface area contributed by atoms with Gasteiger partial charge in [-0.2, -0.15) is 0 Å². The highest BCUT2D eigenvalue weighted by Crippen LogP contribution is 2.47. The maximum Gasteiger partial charge on any atom is 0.175 e. The molecule has 0 saturated heterocycles. The second-order valence-corrected chi connectivity index (χ2v) is 7.99. The quantitative estimate of drug-likeness (QED) is 0.695. The van der Waals surface area contributed by atoms with Crippen molar-refractivity contribution in [2.75, 3.05) is 11.5 Å². The Bertz CT molecular complexity index is 917. The molecule has 7 nitrogen and oxygen atoms in total. The van der Waals surface area contributed by atoms with Gasteiger partial charge in [-0.3, -0.25) is 4.79 Å². The second kappa shape index (κ2) is 6.20. The van der Waals surface area contributed by atoms with Gasteiger partial charge < -0.3 is 21.9 Å². The molecule has 142 valence electrons. The first kappa shape index (κ1) is 17.7. The van der Waals surface area contributed by atoms with Gasteiger partial charge in [-0.25, -0.2) is 9.97 Å². The molecule has 4 rings (SSSR count). The fourth-order valence-corrected chi connectivity index (χ4v) is 4.18. The molecule has 1 heterocycles. The first-order chi connectivity index (χ1) is 12.8. The molecular formula is C20H25N5O2. The predicted octanol–water partition coefficient (Wildman–Crippen LogP) is 2.43. The van der Waals surface area contributed by atoms with Gasteiger partial charge in [0, 0.05) is 17.2 Å². The molecular weight excluding hydrogens is 342 g/mol. The lowest BCUT2D eigenvalue weighted by Gasteiger charge is -2.33. The fourth-order valence-electron chi connectivity index (χ4n) is 4.18. The summed E-state index contributed by atoms with van der Waals surface area (Å²) in [5.74, 6) is 0.769. The number of rotatable bonds is 2. The smallest absolute Gasteiger partial charge is 0.175 e. The van der Waals surface area contributed by atoms with Crippen LogP contribution >= 0.6 is 0 Å². The zero-order valence-corrected chi connectivity index (χ0v) is 15.7. The Hall–Kier alpha value is -2.67. The average molecular weight is 367 g/mol. The van der Waals surface area contributed by atoms with E-state index in [2.05, 4.69) is 9.97 Å². The summed E-state index contributed by atoms with van der Waals surface area (Å²) in [7, 11) is 0. The Balaban J connectivity index is 1.79. The van der Waals surface area contributed by atoms with Gasteiger partial charge in [-0.15, -0.1) is 0 Å². The van der Waals surface area contributed by atoms with Crippen LogP contribution in [0.5, 0.6) is 5.75 Å². The summed E-state index contributed by atoms with van der Waals surface area (Å²) in [4.78, 5) is 21.8. The normalized spacial score (nSPS) is 23.4. The van der Waals surface area contributed by atoms with Crippen LogP contribution in [0.25, 0.3) is 11.3 Å². The molecule has 0 unspecified atom stereocenters. The number of anilines is 2. The number of ketones is 1. The Morgan fingerprint density at radius 3 is 2.52 bits per heavy atom. The molecule has 2 aliphatic carbocycles. The van der Waals surface area contributed by atoms with Crippen LogP contribution in [0.1, 0.15) is 55.5 Å². The highest BCUT2D eigenvalue weighted by Gasteiger charge is 2.43. The number of hydrogen-bond donors (Lipinski definition) is 3. The van der Waals surface area contributed by atoms with Crippen LogP contribution in [-0.2, 0) is 5.41 Å². The molecule has 1 aromatic heterocycles. The lowest BCUT2D eigenvalue weighted by atomic mass is 9.70. The van der Waals surface area contributed by atoms with Crippen molar-refractivity contribution in [3.05, 3.63) is 29.6 Å². The maximum atomic E-state index is 13.3. The molecule has 0 bridgehead atoms. The van der Waals surface area contributed by atoms with Crippen molar-refractivity contribution >= 4 is 17.3 Å². The number of ether oxygens (including phenoxy) is 1. The summed E-state index contributed by atoms with van der Waals surface area (Å²) in [5, 5.41) is 0. The van der Waals surface area contributed by atoms with Gasteiger partial charge in [0.15, 0.2) is 5.78 Å². The van der Waals surface area contributed by atoms with Crippen molar-refractivity contribution in [1.82, 2.24) is 9.97 Å². The predicted molar refractivity (Wildman–Crippen MR) is 105 cm³/mol. The summed E-state index contributed by atoms with van der Waals surface area (Å²) >= 11 is 0. The number of fused-ring (bicyclic) bond motifs is 3. The number of hydrogen-bond acceptors (Lipinski definition) is 7. The van der Waals surface area contributed by atoms with E-state index < -0.39 is 5.41 Å². The van der Waals surface area contributed by atoms with Crippen LogP contribution in [0, 0.1) is 0 Å². The number of carbonyl (C=O) groups is 1. The third kappa shape index (κ3) is 2.73. The van der Waals surface area contributed by atoms with Gasteiger partial charge in [0.2, 0.25) is 0 Å². The monoisotopic (exact) mass is 367 g/mol. The highest BCUT2D eigenvalue weighted by molar-refractivity contribution is 6.16. The van der Waals surface area contributed by atoms with E-state index in [1.54, 1.807) is 0 Å². The average Bonchev–Trinajstić information content (AvgIpc) is 2.63. The number of nitrogens with zero attached hydrogens (tertiary/aromatic N) is 2. The maximum absolute atomic E-state index is 13.3. The topological polar surface area (TPSA) is 130 Å². The van der Waals surface area contributed by atoms with Crippen molar-refractivity contribution in [3.8, 4) is 17.0 Å². The Kier molecular flexibility index (Phi) is 4.07. The molecule has 1 fully saturated rings. The zero-order valence-electron chi connectivity index (χ0n) is 15.7. The van der Waals surface area contributed by atoms with Crippen molar-refractivity contribution in [2.24, 2.45) is 5.73 Å². The summed E-state index contributed by atoms with van der Waals surface area (Å²) in [6.45, 7) is 3.65. The molecule has 0 atom stereocenters. The second-order valence-electron chi connectivity index (χ2n) is 7.99. The molecule has 2 aromatic rings. The van der Waals surface area contributed by atoms with Crippen LogP contribution < -0.4 is 21.9 Å². The van der Waals surface area contributed by atoms with Crippen LogP contribution in [-0.4, -0.2) is 27.9 Å². The van der Waals surface area contributed by atoms with Crippen LogP contribution in [0.15, 0.2) is 18.5 Å². The zero-order chi connectivity index (χ0) is 19.3. The number of nitrogen functional groups attached to an aromatic ring is 2. The number of aromatic nitrogens is 2. The number of benzene rings is 1. The fraction of sp³-hybridized carbons (Fsp3) is 0.450. The minimum absolute atomic E-state index is 0.0714. The van der Waals surface area contributed by atoms with Crippen molar-refractivity contribution in [1.29, 1.82) is 0 Å². The summed E-state index contributed by atoms with van der Waals surface area (Å²) in [5.41, 5.74) is 20.4. The molecule has 27 heavy (non-hydrogen) atoms. The van der Waals surface area contributed by atoms with E-state index in [-0.39, 0.29) is 17.9 Å². The molecule has 2 aliphatic rings. The van der Waals surface area contributed by atoms with E-state index >= 15 is 0 Å². The summed E-state index contributed by atoms with van der Waals surface area (Å²) in [6.07, 6.45) is 5.14. The van der Waals surface area contributed by atoms with Gasteiger partial charge in [-0.05, 0) is 51.7 Å². The third-order valence-corrected chi connectivity index (χ3v) is 5.77. The first-order valence-corrected chi connectivity index (χ1v) is 9.31. The minimum atomic E-state index is -0.863. The molecule has 0 aliphatic heterocycles. The summed E-state index contributed by atoms with van der Waals surface area (Å²) in [6, 6.07) is 3.90. The van der Waals surface area contributed by atoms with Gasteiger partial charge in [0.05, 0.1) is 28.5 Å². The van der Waals surface area contributed by atoms with E-state index in [0.29, 0.717) is 39.6 Å². The lowest BCUT2D eigenvalue weighted by molar-refractivity contribution is 0.0906. The van der Waals surface area contributed by atoms with E-state index in [4.69, 9.17) is 21.9 Å². The van der Waals surface area contributed by atoms with Crippen LogP contribution in [0.2, 0.25) is 0 Å². The first-order valence-electron chi connectivity index (χ1n) is 9.31. The van der Waals surface area contributed by atoms with Gasteiger partial charge in [0.25, 0.3) is 0 Å². The van der Waals surface area contributed by atoms with Gasteiger partial charge in [0.1, 0.15) is 17.9 Å². The lowest BCUT2D eigenvalue weighted by Crippen LogP contribution is -2.36. The van der Waals surface area contributed by atoms with Gasteiger partial charge in [-0.1, -0.05) is 0 Å². The molecule has 0 radical (unpaired) electrons. The third-order valence-electron chi connectivity index (χ3n) is 5.77. The number of nitrogens with two attached hydrogens (primary N) is 3. The Morgan fingerprint density at radius 1 is 1.11 bits per heavy atom. The van der Waals surface area contributed by atoms with E-state index in [0.717, 1.165) is 25.7 Å². The van der Waals surface area contributed by atoms with E-state index in [1.807, 2.05) is 26.0 Å². The largest absolute Gasteiger partial charge is 0.488 e. The molecule has 0 spiro atoms. The van der Waals surface area contributed by atoms with Crippen LogP contribution in [0.4, 0.5) is 11.5 Å². The number of Topliss-reactive ketones (excluding diaryl/α,β-unsaturated/α-hetero) is 1. The van der Waals surface area contributed by atoms with Crippen molar-refractivity contribution in [3.63, 3.8) is 0 Å². The van der Waals surface area contributed by atoms with Gasteiger partial charge >= 0.3 is 0 Å². The molecule has 1 saturated carbocycles. The standard InChI is InChI=1S/C20H25N5O2/c1-20(2)15-17(24-9-25-19(15)23)12-7-8-13(16(22)14(12)18(20)26)27-11-5-3-10(21)4-6-11/h7-11H,3-6,21-22H2,1-2H3,(H2,23,24,25)/t10-,11-. The molecule has 7 heteroatoms. The minimum Gasteiger partial charge on any atom is -0.488 e. The Morgan fingerprint density at radius 2 is 1.81 bits per heavy atom. The van der Waals surface area contributed by atoms with E-state index in [1.165, 1.54) is 6.33 Å². The van der Waals surface area contributed by atoms with E-state index in [9.17, 15) is 4.79 Å². The number of carbonyl (C=O) groups excluding carboxylic acids is 1.